The van der Waals surface area contributed by atoms with Gasteiger partial charge >= 0.3 is 0 Å². The normalized spacial score (nSPS) is 11.0. The Bertz CT molecular complexity index is 1490. The van der Waals surface area contributed by atoms with E-state index >= 15 is 0 Å². The average Bonchev–Trinajstić information content (AvgIpc) is 2.88. The van der Waals surface area contributed by atoms with Gasteiger partial charge in [-0.3, -0.25) is 9.59 Å². The van der Waals surface area contributed by atoms with Gasteiger partial charge in [-0.05, 0) is 43.2 Å². The first kappa shape index (κ1) is 24.4. The number of hydrogen-bond acceptors (Lipinski definition) is 6. The fourth-order valence-electron chi connectivity index (χ4n) is 3.76. The molecule has 36 heavy (non-hydrogen) atoms. The summed E-state index contributed by atoms with van der Waals surface area (Å²) in [6.07, 6.45) is 3.74. The van der Waals surface area contributed by atoms with Crippen molar-refractivity contribution in [3.63, 3.8) is 0 Å². The highest BCUT2D eigenvalue weighted by molar-refractivity contribution is 5.83. The molecular weight excluding hydrogens is 456 g/mol. The predicted molar refractivity (Wildman–Crippen MR) is 141 cm³/mol. The SMILES string of the molecule is C=CCc1cc(C=Nn2c(-c3ccccc3)nc3ccccc3c2=O)cc(OCC)c1OCC(N)=O. The molecule has 1 aromatic heterocycles. The number of carbonyl (C=O) groups excluding carboxylic acids is 1. The highest BCUT2D eigenvalue weighted by Crippen LogP contribution is 2.33. The van der Waals surface area contributed by atoms with Crippen molar-refractivity contribution >= 4 is 23.0 Å². The third-order valence-electron chi connectivity index (χ3n) is 5.29. The van der Waals surface area contributed by atoms with Gasteiger partial charge in [-0.2, -0.15) is 9.78 Å². The first-order valence-electron chi connectivity index (χ1n) is 11.4. The van der Waals surface area contributed by atoms with Crippen molar-refractivity contribution in [2.45, 2.75) is 13.3 Å². The van der Waals surface area contributed by atoms with Crippen LogP contribution in [0.1, 0.15) is 18.1 Å². The third-order valence-corrected chi connectivity index (χ3v) is 5.29. The Kier molecular flexibility index (Phi) is 7.55. The van der Waals surface area contributed by atoms with Gasteiger partial charge in [0.2, 0.25) is 0 Å². The number of hydrogen-bond donors (Lipinski definition) is 1. The van der Waals surface area contributed by atoms with Gasteiger partial charge in [0.1, 0.15) is 0 Å². The largest absolute Gasteiger partial charge is 0.490 e. The minimum atomic E-state index is -0.593. The van der Waals surface area contributed by atoms with Crippen LogP contribution in [0.3, 0.4) is 0 Å². The fraction of sp³-hybridized carbons (Fsp3) is 0.143. The van der Waals surface area contributed by atoms with Gasteiger partial charge in [0.15, 0.2) is 23.9 Å². The molecule has 0 saturated carbocycles. The molecule has 0 aliphatic heterocycles. The van der Waals surface area contributed by atoms with Crippen LogP contribution in [0, 0.1) is 0 Å². The number of carbonyl (C=O) groups is 1. The molecule has 0 bridgehead atoms. The second-order valence-electron chi connectivity index (χ2n) is 7.87. The zero-order chi connectivity index (χ0) is 25.5. The lowest BCUT2D eigenvalue weighted by atomic mass is 10.1. The molecule has 0 atom stereocenters. The molecule has 1 heterocycles. The maximum Gasteiger partial charge on any atom is 0.282 e. The van der Waals surface area contributed by atoms with E-state index in [1.807, 2.05) is 49.4 Å². The van der Waals surface area contributed by atoms with Crippen LogP contribution in [0.2, 0.25) is 0 Å². The lowest BCUT2D eigenvalue weighted by molar-refractivity contribution is -0.119. The number of fused-ring (bicyclic) bond motifs is 1. The number of ether oxygens (including phenoxy) is 2. The summed E-state index contributed by atoms with van der Waals surface area (Å²) in [7, 11) is 0. The quantitative estimate of drug-likeness (QED) is 0.272. The number of benzene rings is 3. The average molecular weight is 483 g/mol. The number of nitrogens with two attached hydrogens (primary N) is 1. The summed E-state index contributed by atoms with van der Waals surface area (Å²) < 4.78 is 12.7. The standard InChI is InChI=1S/C28H26N4O4/c1-3-10-21-15-19(16-24(35-4-2)26(21)36-18-25(29)33)17-30-32-27(20-11-6-5-7-12-20)31-23-14-9-8-13-22(23)28(32)34/h3,5-9,11-17H,1,4,10,18H2,2H3,(H2,29,33). The lowest BCUT2D eigenvalue weighted by Gasteiger charge is -2.16. The van der Waals surface area contributed by atoms with E-state index < -0.39 is 5.91 Å². The maximum atomic E-state index is 13.4. The molecule has 0 aliphatic carbocycles. The number of amides is 1. The summed E-state index contributed by atoms with van der Waals surface area (Å²) >= 11 is 0. The zero-order valence-corrected chi connectivity index (χ0v) is 19.9. The molecule has 8 heteroatoms. The Labute approximate surface area is 208 Å². The molecular formula is C28H26N4O4. The summed E-state index contributed by atoms with van der Waals surface area (Å²) in [6, 6.07) is 20.2. The van der Waals surface area contributed by atoms with E-state index in [1.54, 1.807) is 36.6 Å². The molecule has 8 nitrogen and oxygen atoms in total. The third kappa shape index (κ3) is 5.33. The van der Waals surface area contributed by atoms with Gasteiger partial charge in [0, 0.05) is 11.1 Å². The first-order chi connectivity index (χ1) is 17.5. The number of allylic oxidation sites excluding steroid dienone is 1. The van der Waals surface area contributed by atoms with Crippen LogP contribution in [0.5, 0.6) is 11.5 Å². The number of para-hydroxylation sites is 1. The van der Waals surface area contributed by atoms with Crippen LogP contribution >= 0.6 is 0 Å². The summed E-state index contributed by atoms with van der Waals surface area (Å²) in [6.45, 7) is 5.75. The number of primary amides is 1. The summed E-state index contributed by atoms with van der Waals surface area (Å²) in [5.41, 5.74) is 7.74. The number of rotatable bonds is 10. The van der Waals surface area contributed by atoms with Crippen LogP contribution in [-0.2, 0) is 11.2 Å². The molecule has 1 amide bonds. The number of aromatic nitrogens is 2. The highest BCUT2D eigenvalue weighted by atomic mass is 16.5. The van der Waals surface area contributed by atoms with Crippen LogP contribution in [-0.4, -0.2) is 35.0 Å². The Morgan fingerprint density at radius 3 is 2.58 bits per heavy atom. The molecule has 0 radical (unpaired) electrons. The molecule has 4 aromatic rings. The minimum Gasteiger partial charge on any atom is -0.490 e. The molecule has 4 rings (SSSR count). The van der Waals surface area contributed by atoms with Crippen LogP contribution < -0.4 is 20.8 Å². The van der Waals surface area contributed by atoms with Crippen molar-refractivity contribution in [2.24, 2.45) is 10.8 Å². The Hall–Kier alpha value is -4.72. The van der Waals surface area contributed by atoms with Crippen molar-refractivity contribution < 1.29 is 14.3 Å². The van der Waals surface area contributed by atoms with Crippen LogP contribution in [0.15, 0.2) is 89.3 Å². The number of nitrogens with zero attached hydrogens (tertiary/aromatic N) is 3. The van der Waals surface area contributed by atoms with E-state index in [0.717, 1.165) is 11.1 Å². The Morgan fingerprint density at radius 1 is 1.11 bits per heavy atom. The van der Waals surface area contributed by atoms with Crippen molar-refractivity contribution in [2.75, 3.05) is 13.2 Å². The van der Waals surface area contributed by atoms with E-state index in [-0.39, 0.29) is 12.2 Å². The highest BCUT2D eigenvalue weighted by Gasteiger charge is 2.15. The molecule has 0 unspecified atom stereocenters. The van der Waals surface area contributed by atoms with E-state index in [4.69, 9.17) is 20.2 Å². The second-order valence-corrected chi connectivity index (χ2v) is 7.87. The topological polar surface area (TPSA) is 109 Å². The van der Waals surface area contributed by atoms with Crippen molar-refractivity contribution in [3.8, 4) is 22.9 Å². The minimum absolute atomic E-state index is 0.282. The molecule has 0 aliphatic rings. The Morgan fingerprint density at radius 2 is 1.86 bits per heavy atom. The van der Waals surface area contributed by atoms with Gasteiger partial charge in [0.05, 0.1) is 23.7 Å². The Balaban J connectivity index is 1.85. The van der Waals surface area contributed by atoms with Crippen molar-refractivity contribution in [1.82, 2.24) is 9.66 Å². The molecule has 0 saturated heterocycles. The molecule has 182 valence electrons. The smallest absolute Gasteiger partial charge is 0.282 e. The van der Waals surface area contributed by atoms with Crippen molar-refractivity contribution in [1.29, 1.82) is 0 Å². The molecule has 0 spiro atoms. The monoisotopic (exact) mass is 482 g/mol. The van der Waals surface area contributed by atoms with Gasteiger partial charge < -0.3 is 15.2 Å². The maximum absolute atomic E-state index is 13.4. The molecule has 0 fully saturated rings. The van der Waals surface area contributed by atoms with E-state index in [9.17, 15) is 9.59 Å². The van der Waals surface area contributed by atoms with Crippen LogP contribution in [0.4, 0.5) is 0 Å². The lowest BCUT2D eigenvalue weighted by Crippen LogP contribution is -2.21. The first-order valence-corrected chi connectivity index (χ1v) is 11.4. The van der Waals surface area contributed by atoms with E-state index in [0.29, 0.717) is 46.8 Å². The van der Waals surface area contributed by atoms with Gasteiger partial charge in [-0.25, -0.2) is 4.98 Å². The molecule has 3 aromatic carbocycles. The molecule has 2 N–H and O–H groups in total. The summed E-state index contributed by atoms with van der Waals surface area (Å²) in [5.74, 6) is 0.687. The van der Waals surface area contributed by atoms with Gasteiger partial charge in [0.25, 0.3) is 11.5 Å². The zero-order valence-electron chi connectivity index (χ0n) is 19.9. The van der Waals surface area contributed by atoms with Gasteiger partial charge in [-0.15, -0.1) is 6.58 Å². The van der Waals surface area contributed by atoms with Gasteiger partial charge in [-0.1, -0.05) is 48.5 Å². The summed E-state index contributed by atoms with van der Waals surface area (Å²) in [5, 5.41) is 4.99. The second kappa shape index (κ2) is 11.1. The summed E-state index contributed by atoms with van der Waals surface area (Å²) in [4.78, 5) is 29.4. The van der Waals surface area contributed by atoms with Crippen LogP contribution in [0.25, 0.3) is 22.3 Å². The van der Waals surface area contributed by atoms with E-state index in [2.05, 4.69) is 11.7 Å². The van der Waals surface area contributed by atoms with E-state index in [1.165, 1.54) is 4.68 Å². The predicted octanol–water partition coefficient (Wildman–Crippen LogP) is 3.94. The fourth-order valence-corrected chi connectivity index (χ4v) is 3.76. The van der Waals surface area contributed by atoms with Crippen molar-refractivity contribution in [3.05, 3.63) is 101 Å².